The maximum Gasteiger partial charge on any atom is 0.246 e. The van der Waals surface area contributed by atoms with Gasteiger partial charge in [-0.1, -0.05) is 21.1 Å². The molecule has 1 N–H and O–H groups in total. The first-order valence-electron chi connectivity index (χ1n) is 5.47. The van der Waals surface area contributed by atoms with Crippen molar-refractivity contribution in [2.24, 2.45) is 0 Å². The van der Waals surface area contributed by atoms with Crippen LogP contribution in [0.3, 0.4) is 0 Å². The Bertz CT molecular complexity index is 542. The van der Waals surface area contributed by atoms with Gasteiger partial charge in [-0.15, -0.1) is 5.10 Å². The third kappa shape index (κ3) is 2.95. The number of hydrogen-bond donors (Lipinski definition) is 1. The summed E-state index contributed by atoms with van der Waals surface area (Å²) in [5.74, 6) is -0.123. The maximum absolute atomic E-state index is 11.8. The van der Waals surface area contributed by atoms with Crippen molar-refractivity contribution in [1.82, 2.24) is 15.0 Å². The van der Waals surface area contributed by atoms with E-state index in [1.807, 2.05) is 26.0 Å². The molecule has 5 nitrogen and oxygen atoms in total. The molecule has 0 radical (unpaired) electrons. The minimum absolute atomic E-state index is 0.123. The molecule has 1 aromatic heterocycles. The summed E-state index contributed by atoms with van der Waals surface area (Å²) in [4.78, 5) is 11.8. The van der Waals surface area contributed by atoms with Gasteiger partial charge in [0.1, 0.15) is 6.54 Å². The Morgan fingerprint density at radius 3 is 2.61 bits per heavy atom. The molecule has 0 aliphatic rings. The lowest BCUT2D eigenvalue weighted by molar-refractivity contribution is -0.116. The average Bonchev–Trinajstić information content (AvgIpc) is 2.78. The highest BCUT2D eigenvalue weighted by atomic mass is 79.9. The number of rotatable bonds is 3. The summed E-state index contributed by atoms with van der Waals surface area (Å²) in [6.07, 6.45) is 3.19. The summed E-state index contributed by atoms with van der Waals surface area (Å²) >= 11 is 3.49. The highest BCUT2D eigenvalue weighted by molar-refractivity contribution is 9.10. The van der Waals surface area contributed by atoms with Crippen LogP contribution < -0.4 is 5.32 Å². The van der Waals surface area contributed by atoms with E-state index in [1.54, 1.807) is 12.4 Å². The van der Waals surface area contributed by atoms with Crippen LogP contribution in [0.5, 0.6) is 0 Å². The fourth-order valence-corrected chi connectivity index (χ4v) is 1.91. The first kappa shape index (κ1) is 12.8. The van der Waals surface area contributed by atoms with Gasteiger partial charge in [0.25, 0.3) is 0 Å². The molecule has 0 unspecified atom stereocenters. The SMILES string of the molecule is Cc1cc(NC(=O)Cn2ccnn2)cc(C)c1Br. The predicted molar refractivity (Wildman–Crippen MR) is 72.3 cm³/mol. The molecule has 0 aliphatic heterocycles. The van der Waals surface area contributed by atoms with Crippen molar-refractivity contribution in [3.05, 3.63) is 40.1 Å². The second-order valence-electron chi connectivity index (χ2n) is 4.07. The van der Waals surface area contributed by atoms with Crippen molar-refractivity contribution in [2.75, 3.05) is 5.32 Å². The predicted octanol–water partition coefficient (Wildman–Crippen LogP) is 2.30. The quantitative estimate of drug-likeness (QED) is 0.946. The van der Waals surface area contributed by atoms with Gasteiger partial charge < -0.3 is 5.32 Å². The van der Waals surface area contributed by atoms with E-state index in [2.05, 4.69) is 31.6 Å². The number of aromatic nitrogens is 3. The summed E-state index contributed by atoms with van der Waals surface area (Å²) < 4.78 is 2.55. The minimum Gasteiger partial charge on any atom is -0.324 e. The smallest absolute Gasteiger partial charge is 0.246 e. The van der Waals surface area contributed by atoms with Crippen molar-refractivity contribution < 1.29 is 4.79 Å². The molecule has 18 heavy (non-hydrogen) atoms. The van der Waals surface area contributed by atoms with Crippen molar-refractivity contribution in [3.63, 3.8) is 0 Å². The van der Waals surface area contributed by atoms with E-state index in [4.69, 9.17) is 0 Å². The first-order chi connectivity index (χ1) is 8.56. The number of benzene rings is 1. The number of aryl methyl sites for hydroxylation is 2. The fourth-order valence-electron chi connectivity index (χ4n) is 1.68. The molecule has 0 saturated heterocycles. The molecule has 0 aliphatic carbocycles. The van der Waals surface area contributed by atoms with E-state index in [0.717, 1.165) is 21.3 Å². The van der Waals surface area contributed by atoms with E-state index in [1.165, 1.54) is 4.68 Å². The van der Waals surface area contributed by atoms with Gasteiger partial charge in [-0.2, -0.15) is 0 Å². The topological polar surface area (TPSA) is 59.8 Å². The summed E-state index contributed by atoms with van der Waals surface area (Å²) in [7, 11) is 0. The lowest BCUT2D eigenvalue weighted by Gasteiger charge is -2.09. The lowest BCUT2D eigenvalue weighted by atomic mass is 10.1. The Kier molecular flexibility index (Phi) is 3.76. The third-order valence-corrected chi connectivity index (χ3v) is 3.75. The van der Waals surface area contributed by atoms with Crippen LogP contribution >= 0.6 is 15.9 Å². The van der Waals surface area contributed by atoms with Gasteiger partial charge in [-0.05, 0) is 37.1 Å². The van der Waals surface area contributed by atoms with E-state index in [-0.39, 0.29) is 12.5 Å². The second-order valence-corrected chi connectivity index (χ2v) is 4.87. The maximum atomic E-state index is 11.8. The second kappa shape index (κ2) is 5.30. The molecular weight excluding hydrogens is 296 g/mol. The van der Waals surface area contributed by atoms with Crippen molar-refractivity contribution in [1.29, 1.82) is 0 Å². The van der Waals surface area contributed by atoms with Crippen molar-refractivity contribution in [3.8, 4) is 0 Å². The number of hydrogen-bond acceptors (Lipinski definition) is 3. The molecule has 0 saturated carbocycles. The van der Waals surface area contributed by atoms with Crippen LogP contribution in [0.2, 0.25) is 0 Å². The number of halogens is 1. The van der Waals surface area contributed by atoms with Crippen LogP contribution in [0.1, 0.15) is 11.1 Å². The molecule has 0 bridgehead atoms. The number of amides is 1. The van der Waals surface area contributed by atoms with Crippen LogP contribution in [0.25, 0.3) is 0 Å². The zero-order valence-electron chi connectivity index (χ0n) is 10.1. The van der Waals surface area contributed by atoms with E-state index in [0.29, 0.717) is 0 Å². The van der Waals surface area contributed by atoms with Crippen LogP contribution in [0.15, 0.2) is 29.0 Å². The number of nitrogens with one attached hydrogen (secondary N) is 1. The highest BCUT2D eigenvalue weighted by Crippen LogP contribution is 2.24. The molecule has 0 fully saturated rings. The molecule has 0 atom stereocenters. The summed E-state index contributed by atoms with van der Waals surface area (Å²) in [5.41, 5.74) is 2.97. The summed E-state index contributed by atoms with van der Waals surface area (Å²) in [6.45, 7) is 4.14. The molecule has 2 rings (SSSR count). The van der Waals surface area contributed by atoms with Gasteiger partial charge in [0.15, 0.2) is 0 Å². The largest absolute Gasteiger partial charge is 0.324 e. The molecule has 1 heterocycles. The lowest BCUT2D eigenvalue weighted by Crippen LogP contribution is -2.19. The molecule has 1 aromatic carbocycles. The zero-order chi connectivity index (χ0) is 13.1. The van der Waals surface area contributed by atoms with Gasteiger partial charge >= 0.3 is 0 Å². The molecule has 2 aromatic rings. The molecule has 6 heteroatoms. The summed E-state index contributed by atoms with van der Waals surface area (Å²) in [5, 5.41) is 10.2. The number of carbonyl (C=O) groups excluding carboxylic acids is 1. The molecule has 94 valence electrons. The van der Waals surface area contributed by atoms with Crippen LogP contribution in [-0.4, -0.2) is 20.9 Å². The summed E-state index contributed by atoms with van der Waals surface area (Å²) in [6, 6.07) is 3.85. The first-order valence-corrected chi connectivity index (χ1v) is 6.26. The molecule has 0 spiro atoms. The molecular formula is C12H13BrN4O. The molecule has 1 amide bonds. The zero-order valence-corrected chi connectivity index (χ0v) is 11.7. The Balaban J connectivity index is 2.07. The van der Waals surface area contributed by atoms with E-state index < -0.39 is 0 Å². The van der Waals surface area contributed by atoms with Gasteiger partial charge in [-0.25, -0.2) is 4.68 Å². The van der Waals surface area contributed by atoms with E-state index >= 15 is 0 Å². The minimum atomic E-state index is -0.123. The standard InChI is InChI=1S/C12H13BrN4O/c1-8-5-10(6-9(2)12(8)13)15-11(18)7-17-4-3-14-16-17/h3-6H,7H2,1-2H3,(H,15,18). The number of nitrogens with zero attached hydrogens (tertiary/aromatic N) is 3. The Labute approximate surface area is 113 Å². The Hall–Kier alpha value is -1.69. The van der Waals surface area contributed by atoms with Crippen LogP contribution in [0.4, 0.5) is 5.69 Å². The van der Waals surface area contributed by atoms with Gasteiger partial charge in [0.05, 0.1) is 6.20 Å². The van der Waals surface area contributed by atoms with E-state index in [9.17, 15) is 4.79 Å². The van der Waals surface area contributed by atoms with Crippen molar-refractivity contribution >= 4 is 27.5 Å². The van der Waals surface area contributed by atoms with Gasteiger partial charge in [-0.3, -0.25) is 4.79 Å². The fraction of sp³-hybridized carbons (Fsp3) is 0.250. The normalized spacial score (nSPS) is 10.4. The van der Waals surface area contributed by atoms with Crippen LogP contribution in [-0.2, 0) is 11.3 Å². The third-order valence-electron chi connectivity index (χ3n) is 2.50. The Morgan fingerprint density at radius 1 is 1.39 bits per heavy atom. The van der Waals surface area contributed by atoms with Gasteiger partial charge in [0, 0.05) is 16.4 Å². The highest BCUT2D eigenvalue weighted by Gasteiger charge is 2.07. The number of anilines is 1. The number of carbonyl (C=O) groups is 1. The Morgan fingerprint density at radius 2 is 2.06 bits per heavy atom. The van der Waals surface area contributed by atoms with Crippen molar-refractivity contribution in [2.45, 2.75) is 20.4 Å². The van der Waals surface area contributed by atoms with Crippen LogP contribution in [0, 0.1) is 13.8 Å². The monoisotopic (exact) mass is 308 g/mol. The van der Waals surface area contributed by atoms with Gasteiger partial charge in [0.2, 0.25) is 5.91 Å². The average molecular weight is 309 g/mol.